The van der Waals surface area contributed by atoms with Crippen LogP contribution in [0.4, 0.5) is 0 Å². The molecule has 0 aromatic heterocycles. The molecule has 0 aliphatic carbocycles. The highest BCUT2D eigenvalue weighted by Crippen LogP contribution is 2.32. The summed E-state index contributed by atoms with van der Waals surface area (Å²) >= 11 is 0. The normalized spacial score (nSPS) is 19.6. The van der Waals surface area contributed by atoms with Crippen molar-refractivity contribution < 1.29 is 14.6 Å². The van der Waals surface area contributed by atoms with Gasteiger partial charge in [0.2, 0.25) is 0 Å². The van der Waals surface area contributed by atoms with E-state index >= 15 is 0 Å². The fourth-order valence-corrected chi connectivity index (χ4v) is 2.89. The molecule has 4 heteroatoms. The fraction of sp³-hybridized carbons (Fsp3) is 0.562. The van der Waals surface area contributed by atoms with Crippen molar-refractivity contribution in [2.75, 3.05) is 13.1 Å². The number of carbonyl (C=O) groups is 1. The zero-order chi connectivity index (χ0) is 14.6. The Kier molecular flexibility index (Phi) is 4.78. The van der Waals surface area contributed by atoms with Crippen LogP contribution >= 0.6 is 0 Å². The molecule has 4 nitrogen and oxygen atoms in total. The molecule has 1 unspecified atom stereocenters. The molecule has 1 fully saturated rings. The molecule has 0 saturated carbocycles. The van der Waals surface area contributed by atoms with Crippen LogP contribution in [0.25, 0.3) is 0 Å². The van der Waals surface area contributed by atoms with Gasteiger partial charge in [0.15, 0.2) is 6.23 Å². The molecule has 1 N–H and O–H groups in total. The first-order valence-corrected chi connectivity index (χ1v) is 7.13. The summed E-state index contributed by atoms with van der Waals surface area (Å²) < 4.78 is 5.27. The highest BCUT2D eigenvalue weighted by atomic mass is 16.5. The summed E-state index contributed by atoms with van der Waals surface area (Å²) in [6.07, 6.45) is 1.50. The summed E-state index contributed by atoms with van der Waals surface area (Å²) in [5.41, 5.74) is 0.348. The third-order valence-corrected chi connectivity index (χ3v) is 4.13. The molecule has 1 saturated heterocycles. The van der Waals surface area contributed by atoms with Gasteiger partial charge in [-0.2, -0.15) is 0 Å². The van der Waals surface area contributed by atoms with Gasteiger partial charge in [0.1, 0.15) is 0 Å². The molecular formula is C16H23NO3. The highest BCUT2D eigenvalue weighted by Gasteiger charge is 2.33. The number of ether oxygens (including phenoxy) is 1. The van der Waals surface area contributed by atoms with Gasteiger partial charge in [-0.3, -0.25) is 9.69 Å². The Hall–Kier alpha value is -1.39. The topological polar surface area (TPSA) is 49.8 Å². The Balaban J connectivity index is 2.04. The van der Waals surface area contributed by atoms with Crippen molar-refractivity contribution in [3.05, 3.63) is 35.9 Å². The van der Waals surface area contributed by atoms with E-state index in [-0.39, 0.29) is 6.23 Å². The Morgan fingerprint density at radius 1 is 1.30 bits per heavy atom. The van der Waals surface area contributed by atoms with Crippen molar-refractivity contribution in [1.82, 2.24) is 4.90 Å². The maximum atomic E-state index is 10.8. The van der Waals surface area contributed by atoms with Crippen molar-refractivity contribution in [1.29, 1.82) is 0 Å². The molecule has 1 atom stereocenters. The summed E-state index contributed by atoms with van der Waals surface area (Å²) in [5, 5.41) is 10.1. The second kappa shape index (κ2) is 6.37. The smallest absolute Gasteiger partial charge is 0.294 e. The first-order chi connectivity index (χ1) is 9.52. The van der Waals surface area contributed by atoms with E-state index in [1.165, 1.54) is 0 Å². The van der Waals surface area contributed by atoms with Gasteiger partial charge in [0.25, 0.3) is 6.47 Å². The van der Waals surface area contributed by atoms with Crippen molar-refractivity contribution in [3.8, 4) is 0 Å². The van der Waals surface area contributed by atoms with Crippen LogP contribution in [0.3, 0.4) is 0 Å². The van der Waals surface area contributed by atoms with Crippen molar-refractivity contribution >= 4 is 6.47 Å². The predicted molar refractivity (Wildman–Crippen MR) is 76.9 cm³/mol. The lowest BCUT2D eigenvalue weighted by Crippen LogP contribution is -2.43. The molecule has 1 aromatic rings. The molecule has 2 rings (SSSR count). The summed E-state index contributed by atoms with van der Waals surface area (Å²) in [6, 6.07) is 9.77. The number of benzene rings is 1. The molecule has 0 amide bonds. The van der Waals surface area contributed by atoms with Gasteiger partial charge in [0.05, 0.1) is 5.60 Å². The van der Waals surface area contributed by atoms with Crippen LogP contribution in [0.2, 0.25) is 0 Å². The number of likely N-dealkylation sites (tertiary alicyclic amines) is 1. The monoisotopic (exact) mass is 277 g/mol. The molecule has 0 radical (unpaired) electrons. The maximum absolute atomic E-state index is 10.8. The van der Waals surface area contributed by atoms with Gasteiger partial charge in [-0.05, 0) is 32.6 Å². The van der Waals surface area contributed by atoms with Gasteiger partial charge >= 0.3 is 0 Å². The standard InChI is InChI=1S/C16H23NO3/c1-16(2,19)14-8-10-17(11-9-14)15(20-12-18)13-6-4-3-5-7-13/h3-7,12,14-15,19H,8-11H2,1-2H3. The average Bonchev–Trinajstić information content (AvgIpc) is 2.45. The molecule has 1 aliphatic rings. The van der Waals surface area contributed by atoms with Crippen LogP contribution in [0.5, 0.6) is 0 Å². The quantitative estimate of drug-likeness (QED) is 0.839. The van der Waals surface area contributed by atoms with Gasteiger partial charge < -0.3 is 9.84 Å². The van der Waals surface area contributed by atoms with Gasteiger partial charge in [-0.15, -0.1) is 0 Å². The van der Waals surface area contributed by atoms with E-state index in [0.29, 0.717) is 12.4 Å². The molecule has 0 spiro atoms. The SMILES string of the molecule is CC(C)(O)C1CCN(C(OC=O)c2ccccc2)CC1. The van der Waals surface area contributed by atoms with E-state index in [1.807, 2.05) is 44.2 Å². The van der Waals surface area contributed by atoms with Gasteiger partial charge in [0, 0.05) is 18.7 Å². The number of hydrogen-bond acceptors (Lipinski definition) is 4. The molecular weight excluding hydrogens is 254 g/mol. The first-order valence-electron chi connectivity index (χ1n) is 7.13. The van der Waals surface area contributed by atoms with Crippen LogP contribution in [0, 0.1) is 5.92 Å². The van der Waals surface area contributed by atoms with Crippen molar-refractivity contribution in [2.24, 2.45) is 5.92 Å². The lowest BCUT2D eigenvalue weighted by atomic mass is 9.83. The summed E-state index contributed by atoms with van der Waals surface area (Å²) in [7, 11) is 0. The van der Waals surface area contributed by atoms with E-state index in [4.69, 9.17) is 4.74 Å². The second-order valence-electron chi connectivity index (χ2n) is 5.96. The molecule has 1 heterocycles. The molecule has 110 valence electrons. The van der Waals surface area contributed by atoms with Crippen LogP contribution in [-0.2, 0) is 9.53 Å². The number of carbonyl (C=O) groups excluding carboxylic acids is 1. The van der Waals surface area contributed by atoms with E-state index in [1.54, 1.807) is 0 Å². The highest BCUT2D eigenvalue weighted by molar-refractivity contribution is 5.38. The number of aliphatic hydroxyl groups is 1. The number of hydrogen-bond donors (Lipinski definition) is 1. The van der Waals surface area contributed by atoms with E-state index in [2.05, 4.69) is 4.90 Å². The van der Waals surface area contributed by atoms with Crippen molar-refractivity contribution in [3.63, 3.8) is 0 Å². The summed E-state index contributed by atoms with van der Waals surface area (Å²) in [4.78, 5) is 12.9. The van der Waals surface area contributed by atoms with Crippen LogP contribution in [-0.4, -0.2) is 35.2 Å². The zero-order valence-electron chi connectivity index (χ0n) is 12.2. The molecule has 1 aliphatic heterocycles. The minimum absolute atomic E-state index is 0.298. The zero-order valence-corrected chi connectivity index (χ0v) is 12.2. The van der Waals surface area contributed by atoms with Crippen LogP contribution in [0.15, 0.2) is 30.3 Å². The minimum Gasteiger partial charge on any atom is -0.444 e. The first kappa shape index (κ1) is 15.0. The fourth-order valence-electron chi connectivity index (χ4n) is 2.89. The molecule has 0 bridgehead atoms. The molecule has 1 aromatic carbocycles. The Labute approximate surface area is 120 Å². The lowest BCUT2D eigenvalue weighted by molar-refractivity contribution is -0.147. The summed E-state index contributed by atoms with van der Waals surface area (Å²) in [6.45, 7) is 5.89. The van der Waals surface area contributed by atoms with Gasteiger partial charge in [-0.25, -0.2) is 0 Å². The Morgan fingerprint density at radius 2 is 1.90 bits per heavy atom. The lowest BCUT2D eigenvalue weighted by Gasteiger charge is -2.40. The number of rotatable bonds is 5. The minimum atomic E-state index is -0.639. The predicted octanol–water partition coefficient (Wildman–Crippen LogP) is 2.34. The van der Waals surface area contributed by atoms with Crippen LogP contribution < -0.4 is 0 Å². The molecule has 20 heavy (non-hydrogen) atoms. The van der Waals surface area contributed by atoms with Crippen LogP contribution in [0.1, 0.15) is 38.5 Å². The Morgan fingerprint density at radius 3 is 2.40 bits per heavy atom. The third-order valence-electron chi connectivity index (χ3n) is 4.13. The van der Waals surface area contributed by atoms with Crippen molar-refractivity contribution in [2.45, 2.75) is 38.5 Å². The average molecular weight is 277 g/mol. The van der Waals surface area contributed by atoms with E-state index < -0.39 is 5.60 Å². The van der Waals surface area contributed by atoms with E-state index in [9.17, 15) is 9.90 Å². The third kappa shape index (κ3) is 3.58. The van der Waals surface area contributed by atoms with E-state index in [0.717, 1.165) is 31.5 Å². The Bertz CT molecular complexity index is 419. The largest absolute Gasteiger partial charge is 0.444 e. The van der Waals surface area contributed by atoms with Gasteiger partial charge in [-0.1, -0.05) is 30.3 Å². The maximum Gasteiger partial charge on any atom is 0.294 e. The number of piperidine rings is 1. The number of nitrogens with zero attached hydrogens (tertiary/aromatic N) is 1. The summed E-state index contributed by atoms with van der Waals surface area (Å²) in [5.74, 6) is 0.298. The second-order valence-corrected chi connectivity index (χ2v) is 5.96.